The number of amides is 1. The molecule has 5 aliphatic rings. The van der Waals surface area contributed by atoms with Gasteiger partial charge in [-0.15, -0.1) is 0 Å². The first-order valence-electron chi connectivity index (χ1n) is 17.0. The molecule has 2 aromatic rings. The summed E-state index contributed by atoms with van der Waals surface area (Å²) in [6, 6.07) is 7.10. The smallest absolute Gasteiger partial charge is 0.336 e. The zero-order valence-electron chi connectivity index (χ0n) is 28.1. The molecule has 0 unspecified atom stereocenters. The zero-order chi connectivity index (χ0) is 34.5. The number of esters is 1. The molecule has 10 nitrogen and oxygen atoms in total. The number of ether oxygens (including phenoxy) is 2. The zero-order valence-corrected chi connectivity index (χ0v) is 29.7. The molecule has 0 bridgehead atoms. The van der Waals surface area contributed by atoms with Crippen molar-refractivity contribution in [1.82, 2.24) is 10.2 Å². The summed E-state index contributed by atoms with van der Waals surface area (Å²) >= 11 is 0. The highest BCUT2D eigenvalue weighted by Gasteiger charge is 2.64. The van der Waals surface area contributed by atoms with Crippen molar-refractivity contribution in [2.75, 3.05) is 31.2 Å². The van der Waals surface area contributed by atoms with Gasteiger partial charge in [0.15, 0.2) is 11.2 Å². The van der Waals surface area contributed by atoms with Crippen molar-refractivity contribution in [2.24, 2.45) is 17.6 Å². The van der Waals surface area contributed by atoms with Crippen LogP contribution in [0.2, 0.25) is 0 Å². The minimum atomic E-state index is -1.19. The number of hydrogen-bond donors (Lipinski definition) is 3. The number of fused-ring (bicyclic) bond motifs is 6. The van der Waals surface area contributed by atoms with E-state index >= 15 is 0 Å². The van der Waals surface area contributed by atoms with E-state index < -0.39 is 28.7 Å². The molecule has 0 radical (unpaired) electrons. The summed E-state index contributed by atoms with van der Waals surface area (Å²) in [4.78, 5) is 42.0. The van der Waals surface area contributed by atoms with E-state index in [1.807, 2.05) is 24.0 Å². The number of nitrogens with zero attached hydrogens (tertiary/aromatic N) is 1. The Bertz CT molecular complexity index is 1880. The van der Waals surface area contributed by atoms with Gasteiger partial charge in [0, 0.05) is 79.6 Å². The normalized spacial score (nSPS) is 30.0. The molecule has 260 valence electrons. The molecule has 5 heterocycles. The van der Waals surface area contributed by atoms with Crippen LogP contribution in [0.25, 0.3) is 11.0 Å². The number of carbonyl (C=O) groups is 2. The molecular weight excluding hydrogens is 663 g/mol. The number of nitrogens with two attached hydrogens (primary N) is 1. The van der Waals surface area contributed by atoms with Crippen LogP contribution in [-0.2, 0) is 20.7 Å². The molecule has 4 N–H and O–H groups in total. The van der Waals surface area contributed by atoms with Crippen molar-refractivity contribution in [2.45, 2.75) is 70.1 Å². The molecule has 1 fully saturated rings. The third-order valence-corrected chi connectivity index (χ3v) is 13.4. The van der Waals surface area contributed by atoms with Crippen LogP contribution in [0.4, 0.5) is 0 Å². The number of carbonyl (C=O) groups excluding carboxylic acids is 2. The lowest BCUT2D eigenvalue weighted by molar-refractivity contribution is -0.186. The van der Waals surface area contributed by atoms with Crippen LogP contribution in [-0.4, -0.2) is 70.3 Å². The van der Waals surface area contributed by atoms with Gasteiger partial charge in [-0.05, 0) is 61.1 Å². The van der Waals surface area contributed by atoms with E-state index in [1.165, 1.54) is 6.07 Å². The molecule has 12 heteroatoms. The van der Waals surface area contributed by atoms with E-state index in [0.717, 1.165) is 46.4 Å². The lowest BCUT2D eigenvalue weighted by atomic mass is 9.61. The maximum Gasteiger partial charge on any atom is 0.336 e. The van der Waals surface area contributed by atoms with Crippen molar-refractivity contribution < 1.29 is 28.6 Å². The molecule has 1 aromatic carbocycles. The molecule has 1 amide bonds. The fraction of sp³-hybridized carbons (Fsp3) is 0.486. The molecule has 1 saturated heterocycles. The Hall–Kier alpha value is -3.61. The standard InChI is InChI=1S/C37H43N3O7S2/c1-4-21(9-11-41)35(44)47-36(3)10-8-24-19-48-49-20-28-22(5-2)18-40(28)32(42)13-26-17-39-31(38)14-27(26)34(24)37(36)16-25-12-23-6-7-33(43)45-29(23)15-30(25)46-37/h4,6-8,12,14-15,22,28,34,39,41H,5,9-11,13,16-20,38H2,1-3H3/b21-4+/t22-,28-,34+,36+,37+/m0/s1. The van der Waals surface area contributed by atoms with Crippen molar-refractivity contribution in [1.29, 1.82) is 0 Å². The summed E-state index contributed by atoms with van der Waals surface area (Å²) < 4.78 is 19.3. The summed E-state index contributed by atoms with van der Waals surface area (Å²) in [5, 5.41) is 13.7. The van der Waals surface area contributed by atoms with Gasteiger partial charge in [0.05, 0.1) is 18.2 Å². The third-order valence-electron chi connectivity index (χ3n) is 11.0. The Balaban J connectivity index is 1.40. The van der Waals surface area contributed by atoms with Crippen LogP contribution >= 0.6 is 21.6 Å². The van der Waals surface area contributed by atoms with Gasteiger partial charge in [-0.2, -0.15) is 0 Å². The van der Waals surface area contributed by atoms with Crippen LogP contribution in [0.5, 0.6) is 5.75 Å². The molecule has 0 saturated carbocycles. The summed E-state index contributed by atoms with van der Waals surface area (Å²) in [5.41, 5.74) is 8.36. The number of hydrogen-bond acceptors (Lipinski definition) is 11. The predicted octanol–water partition coefficient (Wildman–Crippen LogP) is 4.77. The Labute approximate surface area is 293 Å². The molecule has 5 atom stereocenters. The van der Waals surface area contributed by atoms with Gasteiger partial charge in [-0.25, -0.2) is 9.59 Å². The van der Waals surface area contributed by atoms with Crippen molar-refractivity contribution >= 4 is 44.4 Å². The number of aliphatic hydroxyl groups is 1. The predicted molar refractivity (Wildman–Crippen MR) is 192 cm³/mol. The van der Waals surface area contributed by atoms with Gasteiger partial charge in [-0.1, -0.05) is 46.2 Å². The molecular formula is C37H43N3O7S2. The fourth-order valence-electron chi connectivity index (χ4n) is 8.18. The Morgan fingerprint density at radius 3 is 2.88 bits per heavy atom. The molecule has 1 spiro atoms. The Morgan fingerprint density at radius 2 is 2.10 bits per heavy atom. The average molecular weight is 706 g/mol. The second kappa shape index (κ2) is 13.3. The summed E-state index contributed by atoms with van der Waals surface area (Å²) in [6.07, 6.45) is 8.02. The molecule has 7 rings (SSSR count). The molecule has 49 heavy (non-hydrogen) atoms. The second-order valence-electron chi connectivity index (χ2n) is 13.8. The largest absolute Gasteiger partial charge is 0.481 e. The lowest BCUT2D eigenvalue weighted by Crippen LogP contribution is -2.65. The highest BCUT2D eigenvalue weighted by Crippen LogP contribution is 2.57. The van der Waals surface area contributed by atoms with Crippen LogP contribution in [0.1, 0.15) is 52.0 Å². The number of benzene rings is 1. The van der Waals surface area contributed by atoms with Crippen LogP contribution < -0.4 is 21.4 Å². The lowest BCUT2D eigenvalue weighted by Gasteiger charge is -2.53. The number of dihydropyridines is 1. The molecule has 4 aliphatic heterocycles. The summed E-state index contributed by atoms with van der Waals surface area (Å²) in [7, 11) is 3.57. The first kappa shape index (κ1) is 33.9. The van der Waals surface area contributed by atoms with Crippen molar-refractivity contribution in [3.63, 3.8) is 0 Å². The number of rotatable bonds is 5. The van der Waals surface area contributed by atoms with Gasteiger partial charge >= 0.3 is 11.6 Å². The topological polar surface area (TPSA) is 144 Å². The van der Waals surface area contributed by atoms with Gasteiger partial charge in [0.25, 0.3) is 0 Å². The van der Waals surface area contributed by atoms with Crippen LogP contribution in [0.15, 0.2) is 79.8 Å². The van der Waals surface area contributed by atoms with E-state index in [4.69, 9.17) is 19.6 Å². The maximum absolute atomic E-state index is 14.0. The van der Waals surface area contributed by atoms with E-state index in [1.54, 1.807) is 46.7 Å². The molecule has 1 aromatic heterocycles. The first-order valence-corrected chi connectivity index (χ1v) is 19.5. The fourth-order valence-corrected chi connectivity index (χ4v) is 10.7. The van der Waals surface area contributed by atoms with Gasteiger partial charge in [0.1, 0.15) is 11.3 Å². The van der Waals surface area contributed by atoms with Crippen LogP contribution in [0.3, 0.4) is 0 Å². The quantitative estimate of drug-likeness (QED) is 0.130. The van der Waals surface area contributed by atoms with Crippen molar-refractivity contribution in [3.05, 3.63) is 86.6 Å². The van der Waals surface area contributed by atoms with Crippen LogP contribution in [0, 0.1) is 11.8 Å². The SMILES string of the molecule is C/C=C(\CCO)C(=O)O[C@]1(C)CC=C2CSSC[C@H]3[C@@H](CC)CN3C(=O)CC3=C(C=C(N)NC3)[C@@H]2[C@]12Cc1cc3ccc(=O)oc3cc1O2. The Kier molecular flexibility index (Phi) is 9.16. The van der Waals surface area contributed by atoms with Gasteiger partial charge in [0.2, 0.25) is 5.91 Å². The van der Waals surface area contributed by atoms with Gasteiger partial charge in [-0.3, -0.25) is 4.79 Å². The molecule has 1 aliphatic carbocycles. The van der Waals surface area contributed by atoms with Gasteiger partial charge < -0.3 is 34.9 Å². The highest BCUT2D eigenvalue weighted by atomic mass is 33.1. The van der Waals surface area contributed by atoms with E-state index in [2.05, 4.69) is 18.3 Å². The second-order valence-corrected chi connectivity index (χ2v) is 16.3. The number of allylic oxidation sites excluding steroid dienone is 2. The highest BCUT2D eigenvalue weighted by molar-refractivity contribution is 8.76. The summed E-state index contributed by atoms with van der Waals surface area (Å²) in [6.45, 7) is 6.88. The third kappa shape index (κ3) is 5.89. The van der Waals surface area contributed by atoms with E-state index in [-0.39, 0.29) is 31.4 Å². The number of nitrogens with one attached hydrogen (secondary N) is 1. The average Bonchev–Trinajstić information content (AvgIpc) is 3.43. The minimum Gasteiger partial charge on any atom is -0.481 e. The van der Waals surface area contributed by atoms with E-state index in [9.17, 15) is 19.5 Å². The first-order chi connectivity index (χ1) is 23.6. The minimum absolute atomic E-state index is 0.104. The summed E-state index contributed by atoms with van der Waals surface area (Å²) in [5.74, 6) is 2.29. The number of aliphatic hydroxyl groups excluding tert-OH is 1. The maximum atomic E-state index is 14.0. The van der Waals surface area contributed by atoms with E-state index in [0.29, 0.717) is 53.8 Å². The Morgan fingerprint density at radius 1 is 1.27 bits per heavy atom. The van der Waals surface area contributed by atoms with Crippen molar-refractivity contribution in [3.8, 4) is 5.75 Å². The monoisotopic (exact) mass is 705 g/mol.